The lowest BCUT2D eigenvalue weighted by molar-refractivity contribution is -0.216. The Labute approximate surface area is 374 Å². The van der Waals surface area contributed by atoms with Gasteiger partial charge in [-0.15, -0.1) is 0 Å². The molecule has 5 aliphatic heterocycles. The maximum absolute atomic E-state index is 15.4. The van der Waals surface area contributed by atoms with E-state index in [1.54, 1.807) is 31.6 Å². The number of hydrogen-bond donors (Lipinski definition) is 3. The predicted octanol–water partition coefficient (Wildman–Crippen LogP) is 5.45. The van der Waals surface area contributed by atoms with Crippen molar-refractivity contribution in [2.75, 3.05) is 65.4 Å². The van der Waals surface area contributed by atoms with Crippen LogP contribution >= 0.6 is 0 Å². The number of fused-ring (bicyclic) bond motifs is 6. The summed E-state index contributed by atoms with van der Waals surface area (Å²) in [5.41, 5.74) is 2.43. The zero-order valence-corrected chi connectivity index (χ0v) is 37.8. The Morgan fingerprint density at radius 1 is 1.03 bits per heavy atom. The standard InChI is InChI=1S/C51H60N6O7/c1-7-32-24-33-27-50(47(60)63-6,42-36(16-22-56(28-32)29-33)35-12-9-10-13-39(35)54-42)38-25-37-40(26-41(38)62-5)55(4)45-49(37)18-23-57-21-11-17-48(8-2,44(49)57)46(64-31(3)58)51(45,61)30-53-43(59)34-14-19-52-20-15-34/h9-15,17,19-20,24-26,33,44-46,54,61H,7-8,16,18,21-23,27-30H2,1-6H3,(H,53,59)/t33-,44-,45+,46+,48+,49+,50-,51?/m0/s1. The molecule has 13 nitrogen and oxygen atoms in total. The van der Waals surface area contributed by atoms with E-state index in [2.05, 4.69) is 86.3 Å². The topological polar surface area (TPSA) is 150 Å². The first-order chi connectivity index (χ1) is 30.9. The summed E-state index contributed by atoms with van der Waals surface area (Å²) in [6.45, 7) is 9.47. The molecule has 64 heavy (non-hydrogen) atoms. The molecular formula is C51H60N6O7. The fourth-order valence-corrected chi connectivity index (χ4v) is 13.8. The summed E-state index contributed by atoms with van der Waals surface area (Å²) in [5, 5.41) is 18.1. The van der Waals surface area contributed by atoms with Gasteiger partial charge in [-0.3, -0.25) is 29.2 Å². The lowest BCUT2D eigenvalue weighted by Crippen LogP contribution is -2.81. The van der Waals surface area contributed by atoms with E-state index in [1.165, 1.54) is 19.6 Å². The van der Waals surface area contributed by atoms with E-state index >= 15 is 4.79 Å². The minimum atomic E-state index is -1.81. The van der Waals surface area contributed by atoms with Crippen LogP contribution in [0.4, 0.5) is 5.69 Å². The highest BCUT2D eigenvalue weighted by molar-refractivity contribution is 5.95. The van der Waals surface area contributed by atoms with Gasteiger partial charge in [-0.1, -0.05) is 55.8 Å². The van der Waals surface area contributed by atoms with Crippen molar-refractivity contribution < 1.29 is 33.7 Å². The molecule has 9 atom stereocenters. The molecule has 6 aliphatic rings. The van der Waals surface area contributed by atoms with Gasteiger partial charge in [0.1, 0.15) is 22.9 Å². The lowest BCUT2D eigenvalue weighted by Gasteiger charge is -2.64. The number of nitrogens with zero attached hydrogens (tertiary/aromatic N) is 4. The van der Waals surface area contributed by atoms with Crippen LogP contribution in [0.5, 0.6) is 5.75 Å². The number of carbonyl (C=O) groups is 3. The molecule has 2 unspecified atom stereocenters. The van der Waals surface area contributed by atoms with E-state index in [4.69, 9.17) is 14.2 Å². The highest BCUT2D eigenvalue weighted by Crippen LogP contribution is 2.68. The van der Waals surface area contributed by atoms with Gasteiger partial charge in [0.25, 0.3) is 5.91 Å². The van der Waals surface area contributed by atoms with E-state index in [-0.39, 0.29) is 30.4 Å². The number of esters is 2. The predicted molar refractivity (Wildman–Crippen MR) is 243 cm³/mol. The number of H-pyrrole nitrogens is 1. The third-order valence-corrected chi connectivity index (χ3v) is 16.1. The summed E-state index contributed by atoms with van der Waals surface area (Å²) in [6.07, 6.45) is 12.1. The quantitative estimate of drug-likeness (QED) is 0.146. The Morgan fingerprint density at radius 3 is 2.56 bits per heavy atom. The molecule has 7 heterocycles. The molecule has 3 N–H and O–H groups in total. The smallest absolute Gasteiger partial charge is 0.322 e. The summed E-state index contributed by atoms with van der Waals surface area (Å²) >= 11 is 0. The highest BCUT2D eigenvalue weighted by atomic mass is 16.6. The van der Waals surface area contributed by atoms with Gasteiger partial charge < -0.3 is 34.5 Å². The third-order valence-electron chi connectivity index (χ3n) is 16.1. The van der Waals surface area contributed by atoms with Gasteiger partial charge in [0.2, 0.25) is 0 Å². The van der Waals surface area contributed by atoms with E-state index in [0.717, 1.165) is 72.4 Å². The van der Waals surface area contributed by atoms with Crippen molar-refractivity contribution in [3.05, 3.63) is 113 Å². The molecule has 10 rings (SSSR count). The Bertz CT molecular complexity index is 2590. The first-order valence-corrected chi connectivity index (χ1v) is 23.0. The van der Waals surface area contributed by atoms with Gasteiger partial charge in [0.15, 0.2) is 0 Å². The average molecular weight is 869 g/mol. The number of aliphatic hydroxyl groups is 1. The van der Waals surface area contributed by atoms with Crippen LogP contribution in [0, 0.1) is 11.3 Å². The molecule has 1 aliphatic carbocycles. The molecule has 1 amide bonds. The van der Waals surface area contributed by atoms with Gasteiger partial charge in [-0.05, 0) is 80.0 Å². The maximum atomic E-state index is 15.4. The number of aromatic amines is 1. The minimum absolute atomic E-state index is 0.0261. The second-order valence-electron chi connectivity index (χ2n) is 19.1. The maximum Gasteiger partial charge on any atom is 0.322 e. The van der Waals surface area contributed by atoms with Crippen LogP contribution in [-0.4, -0.2) is 127 Å². The zero-order chi connectivity index (χ0) is 44.8. The summed E-state index contributed by atoms with van der Waals surface area (Å²) in [6, 6.07) is 14.9. The fraction of sp³-hybridized carbons (Fsp3) is 0.490. The number of para-hydroxylation sites is 1. The molecule has 1 spiro atoms. The van der Waals surface area contributed by atoms with Crippen molar-refractivity contribution in [3.8, 4) is 5.75 Å². The van der Waals surface area contributed by atoms with Crippen LogP contribution < -0.4 is 15.0 Å². The number of ether oxygens (including phenoxy) is 3. The second kappa shape index (κ2) is 15.6. The summed E-state index contributed by atoms with van der Waals surface area (Å²) in [4.78, 5) is 57.6. The minimum Gasteiger partial charge on any atom is -0.496 e. The molecule has 336 valence electrons. The van der Waals surface area contributed by atoms with Gasteiger partial charge >= 0.3 is 11.9 Å². The number of nitrogens with one attached hydrogen (secondary N) is 2. The molecule has 2 bridgehead atoms. The molecule has 2 aromatic carbocycles. The highest BCUT2D eigenvalue weighted by Gasteiger charge is 2.78. The number of aromatic nitrogens is 2. The Morgan fingerprint density at radius 2 is 1.83 bits per heavy atom. The van der Waals surface area contributed by atoms with Crippen molar-refractivity contribution in [1.29, 1.82) is 0 Å². The van der Waals surface area contributed by atoms with Gasteiger partial charge in [-0.2, -0.15) is 0 Å². The lowest BCUT2D eigenvalue weighted by atomic mass is 9.47. The normalized spacial score (nSPS) is 32.5. The number of carbonyl (C=O) groups excluding carboxylic acids is 3. The Hall–Kier alpha value is -5.50. The van der Waals surface area contributed by atoms with Crippen LogP contribution in [0.3, 0.4) is 0 Å². The van der Waals surface area contributed by atoms with Crippen molar-refractivity contribution in [1.82, 2.24) is 25.1 Å². The second-order valence-corrected chi connectivity index (χ2v) is 19.1. The number of hydrogen-bond acceptors (Lipinski definition) is 11. The fourth-order valence-electron chi connectivity index (χ4n) is 13.8. The van der Waals surface area contributed by atoms with Crippen molar-refractivity contribution in [2.24, 2.45) is 11.3 Å². The molecule has 13 heteroatoms. The molecule has 2 aromatic heterocycles. The van der Waals surface area contributed by atoms with Crippen LogP contribution in [0.25, 0.3) is 10.9 Å². The zero-order valence-electron chi connectivity index (χ0n) is 37.8. The van der Waals surface area contributed by atoms with Gasteiger partial charge in [0, 0.05) is 109 Å². The number of pyridine rings is 1. The van der Waals surface area contributed by atoms with Gasteiger partial charge in [-0.25, -0.2) is 0 Å². The van der Waals surface area contributed by atoms with Crippen molar-refractivity contribution >= 4 is 34.4 Å². The van der Waals surface area contributed by atoms with E-state index in [0.29, 0.717) is 42.7 Å². The SMILES string of the molecule is CCC1=C[C@@H]2CN(CCc3c([nH]c4ccccc34)[C@@](C(=O)OC)(c3cc4c(cc3OC)N(C)[C@H]3C(O)(CNC(=O)c5ccncc5)[C@H](OC(C)=O)[C@]5(CC)C=CCN6CC[C@]43[C@@H]65)C2)C1. The van der Waals surface area contributed by atoms with Gasteiger partial charge in [0.05, 0.1) is 26.8 Å². The summed E-state index contributed by atoms with van der Waals surface area (Å²) < 4.78 is 18.9. The number of benzene rings is 2. The monoisotopic (exact) mass is 868 g/mol. The Kier molecular flexibility index (Phi) is 10.3. The Balaban J connectivity index is 1.24. The molecule has 2 fully saturated rings. The molecule has 4 aromatic rings. The summed E-state index contributed by atoms with van der Waals surface area (Å²) in [5.74, 6) is -0.684. The molecular weight excluding hydrogens is 809 g/mol. The summed E-state index contributed by atoms with van der Waals surface area (Å²) in [7, 11) is 5.12. The number of amides is 1. The first kappa shape index (κ1) is 42.5. The average Bonchev–Trinajstić information content (AvgIpc) is 3.98. The van der Waals surface area contributed by atoms with Crippen molar-refractivity contribution in [2.45, 2.75) is 87.5 Å². The van der Waals surface area contributed by atoms with Crippen LogP contribution in [0.15, 0.2) is 84.7 Å². The number of likely N-dealkylation sites (N-methyl/N-ethyl adjacent to an activating group) is 1. The number of rotatable bonds is 9. The van der Waals surface area contributed by atoms with E-state index in [9.17, 15) is 14.7 Å². The number of anilines is 1. The van der Waals surface area contributed by atoms with E-state index < -0.39 is 40.0 Å². The van der Waals surface area contributed by atoms with Crippen molar-refractivity contribution in [3.63, 3.8) is 0 Å². The first-order valence-electron chi connectivity index (χ1n) is 23.0. The molecule has 0 radical (unpaired) electrons. The van der Waals surface area contributed by atoms with Crippen LogP contribution in [0.2, 0.25) is 0 Å². The molecule has 1 saturated heterocycles. The largest absolute Gasteiger partial charge is 0.496 e. The van der Waals surface area contributed by atoms with Crippen LogP contribution in [0.1, 0.15) is 79.2 Å². The third kappa shape index (κ3) is 5.92. The van der Waals surface area contributed by atoms with E-state index in [1.807, 2.05) is 19.2 Å². The van der Waals surface area contributed by atoms with Crippen LogP contribution in [-0.2, 0) is 36.3 Å². The molecule has 1 saturated carbocycles. The number of methoxy groups -OCH3 is 2.